The Labute approximate surface area is 158 Å². The summed E-state index contributed by atoms with van der Waals surface area (Å²) in [6, 6.07) is 16.4. The second-order valence-corrected chi connectivity index (χ2v) is 7.01. The van der Waals surface area contributed by atoms with Gasteiger partial charge < -0.3 is 15.5 Å². The van der Waals surface area contributed by atoms with Crippen molar-refractivity contribution in [3.8, 4) is 16.2 Å². The zero-order valence-corrected chi connectivity index (χ0v) is 15.1. The smallest absolute Gasteiger partial charge is 0.339 e. The highest BCUT2D eigenvalue weighted by atomic mass is 32.1. The van der Waals surface area contributed by atoms with Crippen LogP contribution in [0.25, 0.3) is 20.7 Å². The van der Waals surface area contributed by atoms with Gasteiger partial charge in [-0.2, -0.15) is 0 Å². The molecule has 0 bridgehead atoms. The van der Waals surface area contributed by atoms with Crippen molar-refractivity contribution in [2.75, 3.05) is 5.32 Å². The molecule has 0 saturated heterocycles. The number of carboxylic acid groups (broad SMARTS) is 1. The maximum absolute atomic E-state index is 11.0. The van der Waals surface area contributed by atoms with Gasteiger partial charge in [0.25, 0.3) is 0 Å². The molecule has 0 unspecified atom stereocenters. The van der Waals surface area contributed by atoms with Crippen LogP contribution in [0, 0.1) is 6.92 Å². The van der Waals surface area contributed by atoms with Gasteiger partial charge >= 0.3 is 5.97 Å². The van der Waals surface area contributed by atoms with Crippen molar-refractivity contribution < 1.29 is 15.0 Å². The van der Waals surface area contributed by atoms with E-state index in [9.17, 15) is 9.90 Å². The van der Waals surface area contributed by atoms with Crippen molar-refractivity contribution in [3.63, 3.8) is 0 Å². The van der Waals surface area contributed by atoms with Gasteiger partial charge in [-0.3, -0.25) is 0 Å². The van der Waals surface area contributed by atoms with Crippen molar-refractivity contribution >= 4 is 39.0 Å². The SMILES string of the molecule is Cc1nc(Nc2ccc(C(=O)O)c(O)c2)c2cc(-c3ccccc3)sc2n1. The molecule has 134 valence electrons. The fourth-order valence-corrected chi connectivity index (χ4v) is 3.88. The third-order valence-electron chi connectivity index (χ3n) is 4.05. The Bertz CT molecular complexity index is 1160. The molecular weight excluding hydrogens is 362 g/mol. The molecule has 2 aromatic carbocycles. The van der Waals surface area contributed by atoms with Crippen LogP contribution in [0.15, 0.2) is 54.6 Å². The molecule has 0 fully saturated rings. The largest absolute Gasteiger partial charge is 0.507 e. The number of hydrogen-bond donors (Lipinski definition) is 3. The molecule has 4 rings (SSSR count). The molecule has 0 amide bonds. The molecule has 0 aliphatic heterocycles. The first-order valence-electron chi connectivity index (χ1n) is 8.18. The number of nitrogens with zero attached hydrogens (tertiary/aromatic N) is 2. The molecule has 0 spiro atoms. The first-order chi connectivity index (χ1) is 13.0. The predicted octanol–water partition coefficient (Wildman–Crippen LogP) is 4.81. The number of carboxylic acids is 1. The molecule has 0 aliphatic rings. The normalized spacial score (nSPS) is 10.9. The molecule has 6 nitrogen and oxygen atoms in total. The molecule has 2 heterocycles. The van der Waals surface area contributed by atoms with Crippen LogP contribution in [0.5, 0.6) is 5.75 Å². The summed E-state index contributed by atoms with van der Waals surface area (Å²) in [6.07, 6.45) is 0. The van der Waals surface area contributed by atoms with E-state index in [4.69, 9.17) is 5.11 Å². The van der Waals surface area contributed by atoms with Gasteiger partial charge in [-0.05, 0) is 30.7 Å². The van der Waals surface area contributed by atoms with Gasteiger partial charge in [-0.15, -0.1) is 11.3 Å². The zero-order chi connectivity index (χ0) is 19.0. The number of aromatic carboxylic acids is 1. The Balaban J connectivity index is 1.76. The summed E-state index contributed by atoms with van der Waals surface area (Å²) in [5.74, 6) is -0.245. The van der Waals surface area contributed by atoms with E-state index >= 15 is 0 Å². The first-order valence-corrected chi connectivity index (χ1v) is 9.00. The van der Waals surface area contributed by atoms with E-state index in [0.29, 0.717) is 17.3 Å². The average molecular weight is 377 g/mol. The third kappa shape index (κ3) is 3.32. The quantitative estimate of drug-likeness (QED) is 0.472. The molecule has 0 saturated carbocycles. The number of nitrogens with one attached hydrogen (secondary N) is 1. The number of rotatable bonds is 4. The molecular formula is C20H15N3O3S. The summed E-state index contributed by atoms with van der Waals surface area (Å²) in [5.41, 5.74) is 1.50. The van der Waals surface area contributed by atoms with Gasteiger partial charge in [0, 0.05) is 16.6 Å². The minimum Gasteiger partial charge on any atom is -0.507 e. The zero-order valence-electron chi connectivity index (χ0n) is 14.3. The number of anilines is 2. The fourth-order valence-electron chi connectivity index (χ4n) is 2.80. The van der Waals surface area contributed by atoms with Crippen LogP contribution in [-0.2, 0) is 0 Å². The number of aromatic nitrogens is 2. The highest BCUT2D eigenvalue weighted by Gasteiger charge is 2.14. The highest BCUT2D eigenvalue weighted by Crippen LogP contribution is 2.36. The van der Waals surface area contributed by atoms with Crippen LogP contribution in [0.1, 0.15) is 16.2 Å². The number of hydrogen-bond acceptors (Lipinski definition) is 6. The first kappa shape index (κ1) is 17.0. The summed E-state index contributed by atoms with van der Waals surface area (Å²) in [4.78, 5) is 22.0. The molecule has 0 radical (unpaired) electrons. The molecule has 2 aromatic heterocycles. The number of aromatic hydroxyl groups is 1. The van der Waals surface area contributed by atoms with Gasteiger partial charge in [0.1, 0.15) is 27.8 Å². The predicted molar refractivity (Wildman–Crippen MR) is 106 cm³/mol. The number of thiophene rings is 1. The maximum atomic E-state index is 11.0. The lowest BCUT2D eigenvalue weighted by atomic mass is 10.1. The number of benzene rings is 2. The van der Waals surface area contributed by atoms with E-state index in [1.807, 2.05) is 43.3 Å². The number of aryl methyl sites for hydroxylation is 1. The van der Waals surface area contributed by atoms with Crippen LogP contribution in [0.4, 0.5) is 11.5 Å². The van der Waals surface area contributed by atoms with Crippen LogP contribution >= 0.6 is 11.3 Å². The average Bonchev–Trinajstić information content (AvgIpc) is 3.06. The summed E-state index contributed by atoms with van der Waals surface area (Å²) in [7, 11) is 0. The van der Waals surface area contributed by atoms with Gasteiger partial charge in [-0.1, -0.05) is 30.3 Å². The van der Waals surface area contributed by atoms with Crippen molar-refractivity contribution in [3.05, 3.63) is 66.0 Å². The lowest BCUT2D eigenvalue weighted by Crippen LogP contribution is -2.00. The Hall–Kier alpha value is -3.45. The summed E-state index contributed by atoms with van der Waals surface area (Å²) < 4.78 is 0. The van der Waals surface area contributed by atoms with Crippen molar-refractivity contribution in [1.29, 1.82) is 0 Å². The van der Waals surface area contributed by atoms with Gasteiger partial charge in [0.2, 0.25) is 0 Å². The number of carbonyl (C=O) groups is 1. The van der Waals surface area contributed by atoms with Crippen LogP contribution < -0.4 is 5.32 Å². The molecule has 27 heavy (non-hydrogen) atoms. The lowest BCUT2D eigenvalue weighted by molar-refractivity contribution is 0.0694. The standard InChI is InChI=1S/C20H15N3O3S/c1-11-21-18(23-13-7-8-14(20(25)26)16(24)9-13)15-10-17(27-19(15)22-11)12-5-3-2-4-6-12/h2-10,24H,1H3,(H,25,26)(H,21,22,23). The molecule has 7 heteroatoms. The van der Waals surface area contributed by atoms with E-state index in [-0.39, 0.29) is 11.3 Å². The van der Waals surface area contributed by atoms with E-state index in [1.165, 1.54) is 12.1 Å². The van der Waals surface area contributed by atoms with Crippen LogP contribution in [0.3, 0.4) is 0 Å². The Morgan fingerprint density at radius 2 is 1.85 bits per heavy atom. The Kier molecular flexibility index (Phi) is 4.21. The van der Waals surface area contributed by atoms with Crippen molar-refractivity contribution in [2.45, 2.75) is 6.92 Å². The Morgan fingerprint density at radius 3 is 2.56 bits per heavy atom. The van der Waals surface area contributed by atoms with E-state index < -0.39 is 5.97 Å². The molecule has 0 aliphatic carbocycles. The number of phenols is 1. The summed E-state index contributed by atoms with van der Waals surface area (Å²) >= 11 is 1.58. The summed E-state index contributed by atoms with van der Waals surface area (Å²) in [6.45, 7) is 1.82. The third-order valence-corrected chi connectivity index (χ3v) is 5.13. The van der Waals surface area contributed by atoms with Gasteiger partial charge in [0.15, 0.2) is 0 Å². The minimum absolute atomic E-state index is 0.147. The molecule has 4 aromatic rings. The fraction of sp³-hybridized carbons (Fsp3) is 0.0500. The molecule has 3 N–H and O–H groups in total. The lowest BCUT2D eigenvalue weighted by Gasteiger charge is -2.09. The number of fused-ring (bicyclic) bond motifs is 1. The topological polar surface area (TPSA) is 95.3 Å². The molecule has 0 atom stereocenters. The van der Waals surface area contributed by atoms with Gasteiger partial charge in [-0.25, -0.2) is 14.8 Å². The second kappa shape index (κ2) is 6.69. The highest BCUT2D eigenvalue weighted by molar-refractivity contribution is 7.21. The minimum atomic E-state index is -1.18. The Morgan fingerprint density at radius 1 is 1.07 bits per heavy atom. The monoisotopic (exact) mass is 377 g/mol. The summed E-state index contributed by atoms with van der Waals surface area (Å²) in [5, 5.41) is 23.0. The maximum Gasteiger partial charge on any atom is 0.339 e. The van der Waals surface area contributed by atoms with Crippen LogP contribution in [0.2, 0.25) is 0 Å². The van der Waals surface area contributed by atoms with E-state index in [0.717, 1.165) is 20.7 Å². The van der Waals surface area contributed by atoms with Crippen molar-refractivity contribution in [2.24, 2.45) is 0 Å². The van der Waals surface area contributed by atoms with Crippen molar-refractivity contribution in [1.82, 2.24) is 9.97 Å². The van der Waals surface area contributed by atoms with Crippen LogP contribution in [-0.4, -0.2) is 26.2 Å². The second-order valence-electron chi connectivity index (χ2n) is 5.98. The van der Waals surface area contributed by atoms with Gasteiger partial charge in [0.05, 0.1) is 5.39 Å². The van der Waals surface area contributed by atoms with E-state index in [2.05, 4.69) is 15.3 Å². The van der Waals surface area contributed by atoms with E-state index in [1.54, 1.807) is 17.4 Å².